The van der Waals surface area contributed by atoms with E-state index in [4.69, 9.17) is 12.2 Å². The first kappa shape index (κ1) is 19.8. The zero-order valence-electron chi connectivity index (χ0n) is 17.0. The van der Waals surface area contributed by atoms with Crippen molar-refractivity contribution in [2.75, 3.05) is 10.6 Å². The standard InChI is InChI=1S/C21H24N8S/c1-3-27-11-17(8-22-27)12-28-14-19(9-23-28)25-21(30)26-20-10-24-29(15-20)13-18-7-5-4-6-16(18)2/h4-11,14-15H,3,12-13H2,1-2H3,(H2,25,26,30). The van der Waals surface area contributed by atoms with Crippen LogP contribution < -0.4 is 10.6 Å². The van der Waals surface area contributed by atoms with E-state index in [1.165, 1.54) is 11.1 Å². The summed E-state index contributed by atoms with van der Waals surface area (Å²) in [4.78, 5) is 0. The lowest BCUT2D eigenvalue weighted by Crippen LogP contribution is -2.18. The van der Waals surface area contributed by atoms with Crippen LogP contribution in [-0.4, -0.2) is 34.5 Å². The fraction of sp³-hybridized carbons (Fsp3) is 0.238. The molecule has 0 saturated heterocycles. The molecule has 0 bridgehead atoms. The van der Waals surface area contributed by atoms with E-state index in [1.807, 2.05) is 51.0 Å². The number of rotatable bonds is 7. The third-order valence-corrected chi connectivity index (χ3v) is 4.94. The van der Waals surface area contributed by atoms with Gasteiger partial charge in [0, 0.05) is 30.7 Å². The fourth-order valence-electron chi connectivity index (χ4n) is 3.13. The second-order valence-electron chi connectivity index (χ2n) is 7.06. The van der Waals surface area contributed by atoms with Gasteiger partial charge in [-0.1, -0.05) is 24.3 Å². The van der Waals surface area contributed by atoms with Gasteiger partial charge in [0.05, 0.1) is 43.1 Å². The number of hydrogen-bond donors (Lipinski definition) is 2. The lowest BCUT2D eigenvalue weighted by Gasteiger charge is -2.07. The number of aryl methyl sites for hydroxylation is 2. The number of anilines is 2. The Bertz CT molecular complexity index is 1140. The Hall–Kier alpha value is -3.46. The molecule has 0 atom stereocenters. The van der Waals surface area contributed by atoms with Crippen molar-refractivity contribution in [1.82, 2.24) is 29.3 Å². The summed E-state index contributed by atoms with van der Waals surface area (Å²) >= 11 is 5.43. The van der Waals surface area contributed by atoms with Gasteiger partial charge in [0.15, 0.2) is 5.11 Å². The molecule has 4 aromatic rings. The average Bonchev–Trinajstić information content (AvgIpc) is 3.46. The third kappa shape index (κ3) is 4.93. The maximum atomic E-state index is 5.43. The van der Waals surface area contributed by atoms with Crippen LogP contribution in [0, 0.1) is 6.92 Å². The Balaban J connectivity index is 1.31. The number of hydrogen-bond acceptors (Lipinski definition) is 4. The number of benzene rings is 1. The molecule has 0 radical (unpaired) electrons. The quantitative estimate of drug-likeness (QED) is 0.446. The van der Waals surface area contributed by atoms with Crippen molar-refractivity contribution in [2.24, 2.45) is 0 Å². The first-order chi connectivity index (χ1) is 14.6. The van der Waals surface area contributed by atoms with E-state index in [0.29, 0.717) is 11.7 Å². The van der Waals surface area contributed by atoms with Gasteiger partial charge < -0.3 is 10.6 Å². The highest BCUT2D eigenvalue weighted by molar-refractivity contribution is 7.80. The maximum absolute atomic E-state index is 5.43. The Kier molecular flexibility index (Phi) is 5.89. The zero-order valence-corrected chi connectivity index (χ0v) is 17.8. The topological polar surface area (TPSA) is 77.5 Å². The Morgan fingerprint density at radius 2 is 1.50 bits per heavy atom. The summed E-state index contributed by atoms with van der Waals surface area (Å²) in [6.07, 6.45) is 11.3. The van der Waals surface area contributed by atoms with Gasteiger partial charge in [-0.2, -0.15) is 15.3 Å². The molecule has 0 saturated carbocycles. The summed E-state index contributed by atoms with van der Waals surface area (Å²) < 4.78 is 5.64. The molecule has 0 aliphatic rings. The summed E-state index contributed by atoms with van der Waals surface area (Å²) in [7, 11) is 0. The van der Waals surface area contributed by atoms with Gasteiger partial charge in [-0.15, -0.1) is 0 Å². The van der Waals surface area contributed by atoms with Gasteiger partial charge in [-0.3, -0.25) is 14.0 Å². The van der Waals surface area contributed by atoms with Gasteiger partial charge in [-0.05, 0) is 37.2 Å². The van der Waals surface area contributed by atoms with Crippen molar-refractivity contribution in [3.63, 3.8) is 0 Å². The van der Waals surface area contributed by atoms with Crippen LogP contribution in [0.4, 0.5) is 11.4 Å². The Labute approximate surface area is 180 Å². The summed E-state index contributed by atoms with van der Waals surface area (Å²) in [6.45, 7) is 6.40. The molecule has 0 aliphatic heterocycles. The number of nitrogens with one attached hydrogen (secondary N) is 2. The van der Waals surface area contributed by atoms with Gasteiger partial charge >= 0.3 is 0 Å². The fourth-order valence-corrected chi connectivity index (χ4v) is 3.37. The van der Waals surface area contributed by atoms with Gasteiger partial charge in [0.1, 0.15) is 0 Å². The molecule has 0 fully saturated rings. The molecule has 2 N–H and O–H groups in total. The van der Waals surface area contributed by atoms with E-state index in [2.05, 4.69) is 51.9 Å². The molecule has 3 heterocycles. The van der Waals surface area contributed by atoms with E-state index in [0.717, 1.165) is 30.0 Å². The molecular formula is C21H24N8S. The molecule has 0 unspecified atom stereocenters. The van der Waals surface area contributed by atoms with Crippen LogP contribution in [0.25, 0.3) is 0 Å². The SMILES string of the molecule is CCn1cc(Cn2cc(NC(=S)Nc3cnn(Cc4ccccc4C)c3)cn2)cn1. The van der Waals surface area contributed by atoms with E-state index in [-0.39, 0.29) is 0 Å². The summed E-state index contributed by atoms with van der Waals surface area (Å²) in [5.74, 6) is 0. The van der Waals surface area contributed by atoms with E-state index in [1.54, 1.807) is 12.4 Å². The van der Waals surface area contributed by atoms with Crippen LogP contribution in [0.5, 0.6) is 0 Å². The molecule has 1 aromatic carbocycles. The Morgan fingerprint density at radius 1 is 0.867 bits per heavy atom. The van der Waals surface area contributed by atoms with Gasteiger partial charge in [-0.25, -0.2) is 0 Å². The molecule has 4 rings (SSSR count). The van der Waals surface area contributed by atoms with Gasteiger partial charge in [0.2, 0.25) is 0 Å². The average molecular weight is 421 g/mol. The minimum atomic E-state index is 0.490. The predicted octanol–water partition coefficient (Wildman–Crippen LogP) is 3.51. The molecule has 0 aliphatic carbocycles. The normalized spacial score (nSPS) is 10.9. The number of aromatic nitrogens is 6. The minimum absolute atomic E-state index is 0.490. The van der Waals surface area contributed by atoms with Crippen LogP contribution in [0.15, 0.2) is 61.4 Å². The summed E-state index contributed by atoms with van der Waals surface area (Å²) in [5, 5.41) is 19.9. The van der Waals surface area contributed by atoms with Gasteiger partial charge in [0.25, 0.3) is 0 Å². The molecule has 8 nitrogen and oxygen atoms in total. The highest BCUT2D eigenvalue weighted by Gasteiger charge is 2.06. The third-order valence-electron chi connectivity index (χ3n) is 4.73. The van der Waals surface area contributed by atoms with Crippen molar-refractivity contribution in [2.45, 2.75) is 33.5 Å². The van der Waals surface area contributed by atoms with Crippen molar-refractivity contribution in [1.29, 1.82) is 0 Å². The summed E-state index contributed by atoms with van der Waals surface area (Å²) in [6, 6.07) is 8.30. The van der Waals surface area contributed by atoms with Crippen LogP contribution in [0.3, 0.4) is 0 Å². The van der Waals surface area contributed by atoms with Crippen LogP contribution in [-0.2, 0) is 19.6 Å². The molecule has 3 aromatic heterocycles. The number of nitrogens with zero attached hydrogens (tertiary/aromatic N) is 6. The van der Waals surface area contributed by atoms with E-state index >= 15 is 0 Å². The lowest BCUT2D eigenvalue weighted by molar-refractivity contribution is 0.654. The monoisotopic (exact) mass is 420 g/mol. The van der Waals surface area contributed by atoms with E-state index < -0.39 is 0 Å². The molecule has 9 heteroatoms. The highest BCUT2D eigenvalue weighted by Crippen LogP contribution is 2.13. The molecule has 0 amide bonds. The highest BCUT2D eigenvalue weighted by atomic mass is 32.1. The van der Waals surface area contributed by atoms with Crippen LogP contribution in [0.1, 0.15) is 23.6 Å². The van der Waals surface area contributed by atoms with Crippen LogP contribution >= 0.6 is 12.2 Å². The molecular weight excluding hydrogens is 396 g/mol. The first-order valence-corrected chi connectivity index (χ1v) is 10.2. The molecule has 154 valence electrons. The van der Waals surface area contributed by atoms with Crippen molar-refractivity contribution < 1.29 is 0 Å². The van der Waals surface area contributed by atoms with Crippen molar-refractivity contribution >= 4 is 28.7 Å². The summed E-state index contributed by atoms with van der Waals surface area (Å²) in [5.41, 5.74) is 5.25. The Morgan fingerprint density at radius 3 is 2.13 bits per heavy atom. The predicted molar refractivity (Wildman–Crippen MR) is 122 cm³/mol. The maximum Gasteiger partial charge on any atom is 0.175 e. The van der Waals surface area contributed by atoms with E-state index in [9.17, 15) is 0 Å². The van der Waals surface area contributed by atoms with Crippen LogP contribution in [0.2, 0.25) is 0 Å². The largest absolute Gasteiger partial charge is 0.330 e. The first-order valence-electron chi connectivity index (χ1n) is 9.78. The second-order valence-corrected chi connectivity index (χ2v) is 7.47. The van der Waals surface area contributed by atoms with Crippen molar-refractivity contribution in [3.05, 3.63) is 78.1 Å². The zero-order chi connectivity index (χ0) is 20.9. The molecule has 0 spiro atoms. The molecule has 30 heavy (non-hydrogen) atoms. The second kappa shape index (κ2) is 8.91. The number of thiocarbonyl (C=S) groups is 1. The minimum Gasteiger partial charge on any atom is -0.330 e. The van der Waals surface area contributed by atoms with Crippen molar-refractivity contribution in [3.8, 4) is 0 Å². The lowest BCUT2D eigenvalue weighted by atomic mass is 10.1. The smallest absolute Gasteiger partial charge is 0.175 e.